The van der Waals surface area contributed by atoms with Crippen LogP contribution in [0.1, 0.15) is 5.56 Å². The average Bonchev–Trinajstić information content (AvgIpc) is 2.50. The first-order chi connectivity index (χ1) is 10.2. The molecule has 1 N–H and O–H groups in total. The number of hydrogen-bond acceptors (Lipinski definition) is 2. The summed E-state index contributed by atoms with van der Waals surface area (Å²) in [6.07, 6.45) is 1.97. The van der Waals surface area contributed by atoms with Gasteiger partial charge in [-0.05, 0) is 44.4 Å². The van der Waals surface area contributed by atoms with Crippen molar-refractivity contribution in [2.24, 2.45) is 0 Å². The van der Waals surface area contributed by atoms with Crippen molar-refractivity contribution >= 4 is 38.4 Å². The molecule has 0 saturated carbocycles. The van der Waals surface area contributed by atoms with Crippen molar-refractivity contribution in [1.82, 2.24) is 4.98 Å². The van der Waals surface area contributed by atoms with Gasteiger partial charge in [0.25, 0.3) is 0 Å². The number of nitrogens with zero attached hydrogens (tertiary/aromatic N) is 1. The molecule has 0 radical (unpaired) electrons. The molecule has 0 bridgehead atoms. The van der Waals surface area contributed by atoms with Crippen molar-refractivity contribution in [3.8, 4) is 0 Å². The summed E-state index contributed by atoms with van der Waals surface area (Å²) in [7, 11) is 0. The van der Waals surface area contributed by atoms with Gasteiger partial charge in [-0.1, -0.05) is 42.5 Å². The fourth-order valence-electron chi connectivity index (χ4n) is 2.27. The summed E-state index contributed by atoms with van der Waals surface area (Å²) >= 11 is 3.37. The third-order valence-corrected chi connectivity index (χ3v) is 3.89. The number of rotatable bonds is 3. The van der Waals surface area contributed by atoms with E-state index in [1.807, 2.05) is 54.6 Å². The van der Waals surface area contributed by atoms with Crippen LogP contribution in [0.5, 0.6) is 0 Å². The maximum atomic E-state index is 12.2. The van der Waals surface area contributed by atoms with E-state index in [1.54, 1.807) is 6.20 Å². The van der Waals surface area contributed by atoms with E-state index in [9.17, 15) is 4.79 Å². The van der Waals surface area contributed by atoms with Crippen LogP contribution in [-0.4, -0.2) is 10.9 Å². The zero-order chi connectivity index (χ0) is 14.7. The number of fused-ring (bicyclic) bond motifs is 1. The van der Waals surface area contributed by atoms with Crippen LogP contribution in [0.4, 0.5) is 5.82 Å². The minimum absolute atomic E-state index is 0.0780. The maximum absolute atomic E-state index is 12.2. The Bertz CT molecular complexity index is 796. The van der Waals surface area contributed by atoms with Gasteiger partial charge in [-0.25, -0.2) is 4.98 Å². The second kappa shape index (κ2) is 6.06. The molecule has 0 aliphatic rings. The van der Waals surface area contributed by atoms with Crippen LogP contribution >= 0.6 is 15.9 Å². The number of nitrogens with one attached hydrogen (secondary N) is 1. The molecule has 3 nitrogen and oxygen atoms in total. The van der Waals surface area contributed by atoms with Crippen molar-refractivity contribution in [1.29, 1.82) is 0 Å². The molecule has 0 unspecified atom stereocenters. The summed E-state index contributed by atoms with van der Waals surface area (Å²) < 4.78 is 0.774. The fraction of sp³-hybridized carbons (Fsp3) is 0.0588. The number of aromatic nitrogens is 1. The molecule has 21 heavy (non-hydrogen) atoms. The number of amides is 1. The highest BCUT2D eigenvalue weighted by atomic mass is 79.9. The van der Waals surface area contributed by atoms with E-state index in [2.05, 4.69) is 26.2 Å². The van der Waals surface area contributed by atoms with Crippen LogP contribution in [0.25, 0.3) is 10.8 Å². The summed E-state index contributed by atoms with van der Waals surface area (Å²) in [6.45, 7) is 0. The van der Waals surface area contributed by atoms with Gasteiger partial charge in [-0.15, -0.1) is 0 Å². The number of hydrogen-bond donors (Lipinski definition) is 1. The van der Waals surface area contributed by atoms with Gasteiger partial charge in [0.15, 0.2) is 0 Å². The van der Waals surface area contributed by atoms with Gasteiger partial charge in [-0.2, -0.15) is 0 Å². The monoisotopic (exact) mass is 340 g/mol. The van der Waals surface area contributed by atoms with Gasteiger partial charge in [-0.3, -0.25) is 4.79 Å². The van der Waals surface area contributed by atoms with Crippen LogP contribution in [0.15, 0.2) is 65.3 Å². The summed E-state index contributed by atoms with van der Waals surface area (Å²) in [5, 5.41) is 5.07. The molecular formula is C17H13BrN2O. The normalized spacial score (nSPS) is 10.5. The first kappa shape index (κ1) is 13.8. The Morgan fingerprint density at radius 2 is 1.86 bits per heavy atom. The molecule has 0 spiro atoms. The van der Waals surface area contributed by atoms with E-state index in [0.29, 0.717) is 12.2 Å². The lowest BCUT2D eigenvalue weighted by atomic mass is 10.0. The van der Waals surface area contributed by atoms with E-state index < -0.39 is 0 Å². The highest BCUT2D eigenvalue weighted by Crippen LogP contribution is 2.21. The van der Waals surface area contributed by atoms with Crippen LogP contribution in [-0.2, 0) is 11.2 Å². The molecule has 1 aromatic heterocycles. The van der Waals surface area contributed by atoms with Crippen molar-refractivity contribution in [2.45, 2.75) is 6.42 Å². The second-order valence-corrected chi connectivity index (χ2v) is 5.55. The second-order valence-electron chi connectivity index (χ2n) is 4.70. The summed E-state index contributed by atoms with van der Waals surface area (Å²) in [6, 6.07) is 17.7. The molecule has 1 amide bonds. The third kappa shape index (κ3) is 3.11. The summed E-state index contributed by atoms with van der Waals surface area (Å²) in [5.74, 6) is 0.466. The number of anilines is 1. The third-order valence-electron chi connectivity index (χ3n) is 3.25. The Hall–Kier alpha value is -2.20. The standard InChI is InChI=1S/C17H13BrN2O/c18-15-9-4-10-19-17(15)20-16(21)11-13-7-3-6-12-5-1-2-8-14(12)13/h1-10H,11H2,(H,19,20,21). The quantitative estimate of drug-likeness (QED) is 0.777. The first-order valence-electron chi connectivity index (χ1n) is 6.61. The number of carbonyl (C=O) groups excluding carboxylic acids is 1. The highest BCUT2D eigenvalue weighted by molar-refractivity contribution is 9.10. The molecule has 3 rings (SSSR count). The molecule has 1 heterocycles. The average molecular weight is 341 g/mol. The molecule has 0 atom stereocenters. The van der Waals surface area contributed by atoms with E-state index >= 15 is 0 Å². The Morgan fingerprint density at radius 3 is 2.71 bits per heavy atom. The van der Waals surface area contributed by atoms with Crippen molar-refractivity contribution in [3.63, 3.8) is 0 Å². The summed E-state index contributed by atoms with van der Waals surface area (Å²) in [5.41, 5.74) is 1.01. The maximum Gasteiger partial charge on any atom is 0.229 e. The molecule has 4 heteroatoms. The van der Waals surface area contributed by atoms with Gasteiger partial charge in [0.2, 0.25) is 5.91 Å². The van der Waals surface area contributed by atoms with Crippen molar-refractivity contribution in [3.05, 3.63) is 70.8 Å². The van der Waals surface area contributed by atoms with Gasteiger partial charge < -0.3 is 5.32 Å². The van der Waals surface area contributed by atoms with Gasteiger partial charge in [0.05, 0.1) is 10.9 Å². The minimum Gasteiger partial charge on any atom is -0.309 e. The number of carbonyl (C=O) groups is 1. The van der Waals surface area contributed by atoms with E-state index in [-0.39, 0.29) is 5.91 Å². The zero-order valence-corrected chi connectivity index (χ0v) is 12.8. The summed E-state index contributed by atoms with van der Waals surface area (Å²) in [4.78, 5) is 16.3. The lowest BCUT2D eigenvalue weighted by Gasteiger charge is -2.08. The smallest absolute Gasteiger partial charge is 0.229 e. The molecule has 3 aromatic rings. The largest absolute Gasteiger partial charge is 0.309 e. The Morgan fingerprint density at radius 1 is 1.05 bits per heavy atom. The number of pyridine rings is 1. The first-order valence-corrected chi connectivity index (χ1v) is 7.40. The topological polar surface area (TPSA) is 42.0 Å². The van der Waals surface area contributed by atoms with Gasteiger partial charge in [0.1, 0.15) is 5.82 Å². The fourth-order valence-corrected chi connectivity index (χ4v) is 2.63. The SMILES string of the molecule is O=C(Cc1cccc2ccccc12)Nc1ncccc1Br. The van der Waals surface area contributed by atoms with E-state index in [4.69, 9.17) is 0 Å². The molecular weight excluding hydrogens is 328 g/mol. The molecule has 2 aromatic carbocycles. The molecule has 104 valence electrons. The number of halogens is 1. The Balaban J connectivity index is 1.82. The molecule has 0 aliphatic carbocycles. The predicted octanol–water partition coefficient (Wildman–Crippen LogP) is 4.18. The highest BCUT2D eigenvalue weighted by Gasteiger charge is 2.09. The van der Waals surface area contributed by atoms with Crippen LogP contribution < -0.4 is 5.32 Å². The van der Waals surface area contributed by atoms with Gasteiger partial charge >= 0.3 is 0 Å². The lowest BCUT2D eigenvalue weighted by molar-refractivity contribution is -0.115. The molecule has 0 aliphatic heterocycles. The van der Waals surface area contributed by atoms with Crippen LogP contribution in [0, 0.1) is 0 Å². The van der Waals surface area contributed by atoms with Crippen LogP contribution in [0.2, 0.25) is 0 Å². The van der Waals surface area contributed by atoms with Gasteiger partial charge in [0, 0.05) is 6.20 Å². The van der Waals surface area contributed by atoms with Crippen molar-refractivity contribution in [2.75, 3.05) is 5.32 Å². The number of benzene rings is 2. The van der Waals surface area contributed by atoms with Crippen molar-refractivity contribution < 1.29 is 4.79 Å². The van der Waals surface area contributed by atoms with Crippen LogP contribution in [0.3, 0.4) is 0 Å². The Labute approximate surface area is 131 Å². The lowest BCUT2D eigenvalue weighted by Crippen LogP contribution is -2.15. The molecule has 0 saturated heterocycles. The predicted molar refractivity (Wildman–Crippen MR) is 88.2 cm³/mol. The van der Waals surface area contributed by atoms with E-state index in [0.717, 1.165) is 20.8 Å². The minimum atomic E-state index is -0.0780. The molecule has 0 fully saturated rings. The van der Waals surface area contributed by atoms with E-state index in [1.165, 1.54) is 0 Å². The Kier molecular flexibility index (Phi) is 3.97. The zero-order valence-electron chi connectivity index (χ0n) is 11.2.